The van der Waals surface area contributed by atoms with Crippen molar-refractivity contribution < 1.29 is 14.0 Å². The number of amides is 2. The number of nitrogens with one attached hydrogen (secondary N) is 1. The van der Waals surface area contributed by atoms with E-state index in [1.165, 1.54) is 0 Å². The zero-order valence-corrected chi connectivity index (χ0v) is 19.3. The molecule has 2 rings (SSSR count). The Bertz CT molecular complexity index is 849. The summed E-state index contributed by atoms with van der Waals surface area (Å²) in [6.07, 6.45) is 2.06. The van der Waals surface area contributed by atoms with Crippen LogP contribution in [-0.4, -0.2) is 30.8 Å². The highest BCUT2D eigenvalue weighted by Gasteiger charge is 2.23. The molecule has 2 aromatic rings. The van der Waals surface area contributed by atoms with Crippen molar-refractivity contribution in [3.05, 3.63) is 47.9 Å². The lowest BCUT2D eigenvalue weighted by Gasteiger charge is -2.28. The Kier molecular flexibility index (Phi) is 7.71. The molecule has 1 aromatic carbocycles. The van der Waals surface area contributed by atoms with Gasteiger partial charge in [-0.25, -0.2) is 0 Å². The predicted molar refractivity (Wildman–Crippen MR) is 121 cm³/mol. The first kappa shape index (κ1) is 23.5. The van der Waals surface area contributed by atoms with Crippen molar-refractivity contribution >= 4 is 23.2 Å². The van der Waals surface area contributed by atoms with Gasteiger partial charge in [0.15, 0.2) is 0 Å². The number of anilines is 2. The van der Waals surface area contributed by atoms with Gasteiger partial charge < -0.3 is 19.5 Å². The molecule has 0 aliphatic heterocycles. The third kappa shape index (κ3) is 6.94. The normalized spacial score (nSPS) is 11.5. The summed E-state index contributed by atoms with van der Waals surface area (Å²) in [5.74, 6) is 0.675. The van der Waals surface area contributed by atoms with Gasteiger partial charge in [-0.2, -0.15) is 0 Å². The van der Waals surface area contributed by atoms with Crippen LogP contribution in [0.3, 0.4) is 0 Å². The van der Waals surface area contributed by atoms with Crippen molar-refractivity contribution in [2.75, 3.05) is 24.3 Å². The van der Waals surface area contributed by atoms with Crippen LogP contribution < -0.4 is 10.2 Å². The van der Waals surface area contributed by atoms with Crippen LogP contribution in [0, 0.1) is 11.3 Å². The average molecular weight is 414 g/mol. The molecule has 1 heterocycles. The van der Waals surface area contributed by atoms with Crippen LogP contribution in [0.1, 0.15) is 52.4 Å². The van der Waals surface area contributed by atoms with Gasteiger partial charge in [0.25, 0.3) is 0 Å². The van der Waals surface area contributed by atoms with Crippen LogP contribution in [0.15, 0.2) is 41.0 Å². The summed E-state index contributed by atoms with van der Waals surface area (Å²) in [5, 5.41) is 2.95. The molecule has 6 heteroatoms. The largest absolute Gasteiger partial charge is 0.467 e. The fraction of sp³-hybridized carbons (Fsp3) is 0.500. The van der Waals surface area contributed by atoms with E-state index < -0.39 is 0 Å². The monoisotopic (exact) mass is 413 g/mol. The first-order chi connectivity index (χ1) is 14.0. The van der Waals surface area contributed by atoms with Crippen molar-refractivity contribution in [1.82, 2.24) is 4.90 Å². The number of furan rings is 1. The lowest BCUT2D eigenvalue weighted by molar-refractivity contribution is -0.134. The maximum Gasteiger partial charge on any atom is 0.226 e. The van der Waals surface area contributed by atoms with E-state index in [0.29, 0.717) is 19.5 Å². The van der Waals surface area contributed by atoms with Gasteiger partial charge in [-0.3, -0.25) is 9.59 Å². The van der Waals surface area contributed by atoms with E-state index in [0.717, 1.165) is 22.7 Å². The lowest BCUT2D eigenvalue weighted by Crippen LogP contribution is -2.33. The van der Waals surface area contributed by atoms with Crippen LogP contribution in [-0.2, 0) is 22.7 Å². The summed E-state index contributed by atoms with van der Waals surface area (Å²) in [4.78, 5) is 29.1. The predicted octanol–water partition coefficient (Wildman–Crippen LogP) is 4.91. The fourth-order valence-electron chi connectivity index (χ4n) is 3.11. The van der Waals surface area contributed by atoms with Gasteiger partial charge in [0.2, 0.25) is 11.8 Å². The molecule has 0 saturated heterocycles. The van der Waals surface area contributed by atoms with Crippen LogP contribution in [0.2, 0.25) is 0 Å². The summed E-state index contributed by atoms with van der Waals surface area (Å²) in [7, 11) is 3.94. The van der Waals surface area contributed by atoms with Crippen LogP contribution in [0.4, 0.5) is 11.4 Å². The molecule has 0 saturated carbocycles. The number of rotatable bonds is 8. The van der Waals surface area contributed by atoms with Gasteiger partial charge in [0.05, 0.1) is 12.8 Å². The van der Waals surface area contributed by atoms with Crippen molar-refractivity contribution in [2.45, 2.75) is 54.1 Å². The van der Waals surface area contributed by atoms with Crippen LogP contribution in [0.5, 0.6) is 0 Å². The summed E-state index contributed by atoms with van der Waals surface area (Å²) in [5.41, 5.74) is 2.59. The summed E-state index contributed by atoms with van der Waals surface area (Å²) < 4.78 is 5.50. The van der Waals surface area contributed by atoms with E-state index in [4.69, 9.17) is 4.42 Å². The molecule has 0 radical (unpaired) electrons. The molecule has 1 N–H and O–H groups in total. The third-order valence-corrected chi connectivity index (χ3v) is 4.68. The third-order valence-electron chi connectivity index (χ3n) is 4.68. The first-order valence-electron chi connectivity index (χ1n) is 10.4. The Morgan fingerprint density at radius 3 is 2.33 bits per heavy atom. The zero-order valence-electron chi connectivity index (χ0n) is 19.3. The van der Waals surface area contributed by atoms with E-state index in [1.54, 1.807) is 6.26 Å². The Labute approximate surface area is 180 Å². The molecule has 0 spiro atoms. The van der Waals surface area contributed by atoms with E-state index >= 15 is 0 Å². The number of benzene rings is 1. The second kappa shape index (κ2) is 9.83. The van der Waals surface area contributed by atoms with Gasteiger partial charge in [-0.05, 0) is 41.3 Å². The van der Waals surface area contributed by atoms with Gasteiger partial charge in [-0.15, -0.1) is 0 Å². The second-order valence-corrected chi connectivity index (χ2v) is 9.45. The molecule has 30 heavy (non-hydrogen) atoms. The van der Waals surface area contributed by atoms with Crippen molar-refractivity contribution in [3.63, 3.8) is 0 Å². The average Bonchev–Trinajstić information content (AvgIpc) is 3.12. The van der Waals surface area contributed by atoms with Gasteiger partial charge in [0.1, 0.15) is 5.76 Å². The molecule has 0 fully saturated rings. The smallest absolute Gasteiger partial charge is 0.226 e. The van der Waals surface area contributed by atoms with Gasteiger partial charge >= 0.3 is 0 Å². The molecule has 0 aliphatic carbocycles. The van der Waals surface area contributed by atoms with Crippen molar-refractivity contribution in [2.24, 2.45) is 11.3 Å². The first-order valence-corrected chi connectivity index (χ1v) is 10.4. The summed E-state index contributed by atoms with van der Waals surface area (Å²) in [6.45, 7) is 10.7. The van der Waals surface area contributed by atoms with Gasteiger partial charge in [-0.1, -0.05) is 34.6 Å². The summed E-state index contributed by atoms with van der Waals surface area (Å²) >= 11 is 0. The quantitative estimate of drug-likeness (QED) is 0.668. The number of carbonyl (C=O) groups is 2. The van der Waals surface area contributed by atoms with Gasteiger partial charge in [0, 0.05) is 44.4 Å². The molecule has 0 unspecified atom stereocenters. The number of nitrogens with zero attached hydrogens (tertiary/aromatic N) is 2. The van der Waals surface area contributed by atoms with E-state index in [1.807, 2.05) is 68.1 Å². The number of carbonyl (C=O) groups excluding carboxylic acids is 2. The molecule has 2 amide bonds. The highest BCUT2D eigenvalue weighted by atomic mass is 16.3. The number of hydrogen-bond acceptors (Lipinski definition) is 4. The molecular weight excluding hydrogens is 378 g/mol. The van der Waals surface area contributed by atoms with Crippen LogP contribution in [0.25, 0.3) is 0 Å². The molecule has 1 aromatic heterocycles. The standard InChI is InChI=1S/C24H35N3O3/c1-17(2)23(29)25-19-10-11-21(26(6)7)18(13-19)15-27(16-20-9-8-12-30-20)22(28)14-24(3,4)5/h8-13,17H,14-16H2,1-7H3,(H,25,29). The Morgan fingerprint density at radius 2 is 1.80 bits per heavy atom. The maximum atomic E-state index is 13.1. The van der Waals surface area contributed by atoms with Crippen molar-refractivity contribution in [1.29, 1.82) is 0 Å². The zero-order chi connectivity index (χ0) is 22.5. The fourth-order valence-corrected chi connectivity index (χ4v) is 3.11. The highest BCUT2D eigenvalue weighted by molar-refractivity contribution is 5.92. The van der Waals surface area contributed by atoms with E-state index in [9.17, 15) is 9.59 Å². The highest BCUT2D eigenvalue weighted by Crippen LogP contribution is 2.27. The van der Waals surface area contributed by atoms with E-state index in [-0.39, 0.29) is 23.1 Å². The Morgan fingerprint density at radius 1 is 1.10 bits per heavy atom. The Balaban J connectivity index is 2.35. The topological polar surface area (TPSA) is 65.8 Å². The lowest BCUT2D eigenvalue weighted by atomic mass is 9.91. The second-order valence-electron chi connectivity index (χ2n) is 9.45. The molecule has 0 aliphatic rings. The maximum absolute atomic E-state index is 13.1. The molecule has 0 bridgehead atoms. The van der Waals surface area contributed by atoms with E-state index in [2.05, 4.69) is 26.1 Å². The minimum atomic E-state index is -0.115. The summed E-state index contributed by atoms with van der Waals surface area (Å²) in [6, 6.07) is 9.53. The molecule has 6 nitrogen and oxygen atoms in total. The Hall–Kier alpha value is -2.76. The minimum absolute atomic E-state index is 0.0326. The van der Waals surface area contributed by atoms with Crippen LogP contribution >= 0.6 is 0 Å². The SMILES string of the molecule is CC(C)C(=O)Nc1ccc(N(C)C)c(CN(Cc2ccco2)C(=O)CC(C)(C)C)c1. The number of hydrogen-bond donors (Lipinski definition) is 1. The van der Waals surface area contributed by atoms with Crippen molar-refractivity contribution in [3.8, 4) is 0 Å². The minimum Gasteiger partial charge on any atom is -0.467 e. The molecule has 164 valence electrons. The molecular formula is C24H35N3O3. The molecule has 0 atom stereocenters.